The molecule has 0 aromatic heterocycles. The van der Waals surface area contributed by atoms with Crippen molar-refractivity contribution in [1.82, 2.24) is 0 Å². The molecule has 4 N–H and O–H groups in total. The standard InChI is InChI=1S/C9H20N2/c1-7(6-10)9(11)8-4-2-3-5-8/h7-9H,2-6,10-11H2,1H3. The van der Waals surface area contributed by atoms with Crippen LogP contribution in [0.15, 0.2) is 0 Å². The Kier molecular flexibility index (Phi) is 3.34. The maximum absolute atomic E-state index is 6.05. The fourth-order valence-corrected chi connectivity index (χ4v) is 1.96. The normalized spacial score (nSPS) is 25.4. The molecular weight excluding hydrogens is 136 g/mol. The third-order valence-corrected chi connectivity index (χ3v) is 2.97. The maximum atomic E-state index is 6.05. The fourth-order valence-electron chi connectivity index (χ4n) is 1.96. The first-order valence-electron chi connectivity index (χ1n) is 4.71. The lowest BCUT2D eigenvalue weighted by atomic mass is 9.89. The van der Waals surface area contributed by atoms with E-state index in [-0.39, 0.29) is 0 Å². The molecule has 0 spiro atoms. The van der Waals surface area contributed by atoms with Gasteiger partial charge >= 0.3 is 0 Å². The maximum Gasteiger partial charge on any atom is 0.0105 e. The first-order chi connectivity index (χ1) is 5.25. The molecular formula is C9H20N2. The molecule has 2 heteroatoms. The van der Waals surface area contributed by atoms with Gasteiger partial charge in [-0.3, -0.25) is 0 Å². The predicted octanol–water partition coefficient (Wildman–Crippen LogP) is 1.10. The molecule has 66 valence electrons. The lowest BCUT2D eigenvalue weighted by Gasteiger charge is -2.24. The number of rotatable bonds is 3. The average Bonchev–Trinajstić information content (AvgIpc) is 2.53. The molecule has 1 aliphatic rings. The molecule has 1 aliphatic carbocycles. The van der Waals surface area contributed by atoms with Gasteiger partial charge in [-0.05, 0) is 31.2 Å². The van der Waals surface area contributed by atoms with Gasteiger partial charge in [0.1, 0.15) is 0 Å². The highest BCUT2D eigenvalue weighted by atomic mass is 14.7. The molecule has 0 radical (unpaired) electrons. The van der Waals surface area contributed by atoms with Gasteiger partial charge in [0.2, 0.25) is 0 Å². The largest absolute Gasteiger partial charge is 0.330 e. The van der Waals surface area contributed by atoms with E-state index in [2.05, 4.69) is 6.92 Å². The van der Waals surface area contributed by atoms with Gasteiger partial charge in [-0.25, -0.2) is 0 Å². The molecule has 1 rings (SSSR count). The minimum Gasteiger partial charge on any atom is -0.330 e. The summed E-state index contributed by atoms with van der Waals surface area (Å²) in [7, 11) is 0. The SMILES string of the molecule is CC(CN)C(N)C1CCCC1. The second kappa shape index (κ2) is 4.07. The van der Waals surface area contributed by atoms with Crippen LogP contribution in [0, 0.1) is 11.8 Å². The molecule has 2 unspecified atom stereocenters. The minimum absolute atomic E-state index is 0.350. The second-order valence-corrected chi connectivity index (χ2v) is 3.83. The Bertz CT molecular complexity index is 108. The highest BCUT2D eigenvalue weighted by molar-refractivity contribution is 4.81. The highest BCUT2D eigenvalue weighted by Crippen LogP contribution is 2.29. The van der Waals surface area contributed by atoms with Crippen molar-refractivity contribution < 1.29 is 0 Å². The molecule has 0 aliphatic heterocycles. The van der Waals surface area contributed by atoms with Gasteiger partial charge in [0.05, 0.1) is 0 Å². The molecule has 0 saturated heterocycles. The van der Waals surface area contributed by atoms with E-state index in [4.69, 9.17) is 11.5 Å². The van der Waals surface area contributed by atoms with Crippen LogP contribution >= 0.6 is 0 Å². The summed E-state index contributed by atoms with van der Waals surface area (Å²) in [5.41, 5.74) is 11.6. The molecule has 2 atom stereocenters. The topological polar surface area (TPSA) is 52.0 Å². The van der Waals surface area contributed by atoms with E-state index in [0.29, 0.717) is 12.0 Å². The van der Waals surface area contributed by atoms with E-state index in [1.807, 2.05) is 0 Å². The third kappa shape index (κ3) is 2.17. The number of hydrogen-bond donors (Lipinski definition) is 2. The fraction of sp³-hybridized carbons (Fsp3) is 1.00. The van der Waals surface area contributed by atoms with Crippen molar-refractivity contribution >= 4 is 0 Å². The van der Waals surface area contributed by atoms with E-state index < -0.39 is 0 Å². The van der Waals surface area contributed by atoms with Gasteiger partial charge in [0, 0.05) is 6.04 Å². The third-order valence-electron chi connectivity index (χ3n) is 2.97. The Hall–Kier alpha value is -0.0800. The van der Waals surface area contributed by atoms with Crippen LogP contribution in [0.25, 0.3) is 0 Å². The summed E-state index contributed by atoms with van der Waals surface area (Å²) in [5.74, 6) is 1.26. The lowest BCUT2D eigenvalue weighted by molar-refractivity contribution is 0.335. The zero-order valence-corrected chi connectivity index (χ0v) is 7.42. The Morgan fingerprint density at radius 2 is 1.91 bits per heavy atom. The highest BCUT2D eigenvalue weighted by Gasteiger charge is 2.25. The molecule has 1 fully saturated rings. The number of nitrogens with two attached hydrogens (primary N) is 2. The van der Waals surface area contributed by atoms with Crippen molar-refractivity contribution in [1.29, 1.82) is 0 Å². The van der Waals surface area contributed by atoms with Crippen LogP contribution in [0.2, 0.25) is 0 Å². The van der Waals surface area contributed by atoms with Crippen LogP contribution in [0.5, 0.6) is 0 Å². The molecule has 0 bridgehead atoms. The van der Waals surface area contributed by atoms with Crippen LogP contribution in [-0.4, -0.2) is 12.6 Å². The zero-order chi connectivity index (χ0) is 8.27. The molecule has 0 aromatic rings. The summed E-state index contributed by atoms with van der Waals surface area (Å²) in [5, 5.41) is 0. The van der Waals surface area contributed by atoms with Crippen LogP contribution in [0.4, 0.5) is 0 Å². The van der Waals surface area contributed by atoms with Crippen molar-refractivity contribution in [3.05, 3.63) is 0 Å². The minimum atomic E-state index is 0.350. The summed E-state index contributed by atoms with van der Waals surface area (Å²) in [4.78, 5) is 0. The Labute approximate surface area is 69.3 Å². The Morgan fingerprint density at radius 1 is 1.36 bits per heavy atom. The first kappa shape index (κ1) is 9.01. The van der Waals surface area contributed by atoms with Crippen molar-refractivity contribution in [2.24, 2.45) is 23.3 Å². The van der Waals surface area contributed by atoms with Crippen LogP contribution in [0.1, 0.15) is 32.6 Å². The van der Waals surface area contributed by atoms with Gasteiger partial charge < -0.3 is 11.5 Å². The van der Waals surface area contributed by atoms with Gasteiger partial charge in [-0.1, -0.05) is 19.8 Å². The quantitative estimate of drug-likeness (QED) is 0.643. The summed E-state index contributed by atoms with van der Waals surface area (Å²) in [6.45, 7) is 2.89. The smallest absolute Gasteiger partial charge is 0.0105 e. The van der Waals surface area contributed by atoms with Crippen molar-refractivity contribution in [2.45, 2.75) is 38.6 Å². The van der Waals surface area contributed by atoms with E-state index in [1.165, 1.54) is 25.7 Å². The molecule has 2 nitrogen and oxygen atoms in total. The summed E-state index contributed by atoms with van der Waals surface area (Å²) >= 11 is 0. The van der Waals surface area contributed by atoms with Gasteiger partial charge in [-0.15, -0.1) is 0 Å². The molecule has 11 heavy (non-hydrogen) atoms. The summed E-state index contributed by atoms with van der Waals surface area (Å²) < 4.78 is 0. The average molecular weight is 156 g/mol. The van der Waals surface area contributed by atoms with E-state index in [9.17, 15) is 0 Å². The van der Waals surface area contributed by atoms with Crippen molar-refractivity contribution in [3.63, 3.8) is 0 Å². The monoisotopic (exact) mass is 156 g/mol. The summed E-state index contributed by atoms with van der Waals surface area (Å²) in [6.07, 6.45) is 5.39. The summed E-state index contributed by atoms with van der Waals surface area (Å²) in [6, 6.07) is 0.350. The lowest BCUT2D eigenvalue weighted by Crippen LogP contribution is -2.38. The molecule has 0 amide bonds. The van der Waals surface area contributed by atoms with E-state index in [0.717, 1.165) is 12.5 Å². The predicted molar refractivity (Wildman–Crippen MR) is 48.2 cm³/mol. The van der Waals surface area contributed by atoms with Crippen LogP contribution in [-0.2, 0) is 0 Å². The van der Waals surface area contributed by atoms with Gasteiger partial charge in [0.15, 0.2) is 0 Å². The van der Waals surface area contributed by atoms with E-state index >= 15 is 0 Å². The van der Waals surface area contributed by atoms with Crippen molar-refractivity contribution in [2.75, 3.05) is 6.54 Å². The van der Waals surface area contributed by atoms with Gasteiger partial charge in [-0.2, -0.15) is 0 Å². The zero-order valence-electron chi connectivity index (χ0n) is 7.42. The molecule has 0 aromatic carbocycles. The van der Waals surface area contributed by atoms with Crippen molar-refractivity contribution in [3.8, 4) is 0 Å². The Morgan fingerprint density at radius 3 is 2.36 bits per heavy atom. The Balaban J connectivity index is 2.32. The number of hydrogen-bond acceptors (Lipinski definition) is 2. The molecule has 0 heterocycles. The van der Waals surface area contributed by atoms with Crippen LogP contribution in [0.3, 0.4) is 0 Å². The second-order valence-electron chi connectivity index (χ2n) is 3.83. The van der Waals surface area contributed by atoms with Crippen LogP contribution < -0.4 is 11.5 Å². The van der Waals surface area contributed by atoms with E-state index in [1.54, 1.807) is 0 Å². The first-order valence-corrected chi connectivity index (χ1v) is 4.71. The van der Waals surface area contributed by atoms with Gasteiger partial charge in [0.25, 0.3) is 0 Å². The molecule has 1 saturated carbocycles.